The van der Waals surface area contributed by atoms with E-state index in [0.717, 1.165) is 10.7 Å². The Hall–Kier alpha value is -3.33. The molecular weight excluding hydrogens is 392 g/mol. The number of ether oxygens (including phenoxy) is 2. The van der Waals surface area contributed by atoms with Crippen molar-refractivity contribution in [3.05, 3.63) is 82.7 Å². The third-order valence-corrected chi connectivity index (χ3v) is 5.41. The first-order valence-electron chi connectivity index (χ1n) is 8.94. The second kappa shape index (κ2) is 8.36. The van der Waals surface area contributed by atoms with Crippen LogP contribution < -0.4 is 9.47 Å². The molecular formula is C20H18N4O4S. The third-order valence-electron chi connectivity index (χ3n) is 4.37. The molecule has 0 fully saturated rings. The summed E-state index contributed by atoms with van der Waals surface area (Å²) in [6, 6.07) is 14.0. The van der Waals surface area contributed by atoms with Crippen LogP contribution in [0.25, 0.3) is 0 Å². The molecule has 0 saturated heterocycles. The highest BCUT2D eigenvalue weighted by molar-refractivity contribution is 7.98. The Balaban J connectivity index is 1.51. The molecule has 0 unspecified atom stereocenters. The van der Waals surface area contributed by atoms with Gasteiger partial charge in [0.25, 0.3) is 5.69 Å². The number of fused-ring (bicyclic) bond motifs is 1. The fourth-order valence-electron chi connectivity index (χ4n) is 2.95. The van der Waals surface area contributed by atoms with Gasteiger partial charge in [-0.15, -0.1) is 16.8 Å². The van der Waals surface area contributed by atoms with Crippen LogP contribution in [0, 0.1) is 10.1 Å². The highest BCUT2D eigenvalue weighted by atomic mass is 32.2. The molecule has 148 valence electrons. The Labute approximate surface area is 171 Å². The second-order valence-corrected chi connectivity index (χ2v) is 7.26. The largest absolute Gasteiger partial charge is 0.485 e. The van der Waals surface area contributed by atoms with Gasteiger partial charge in [0.2, 0.25) is 0 Å². The molecule has 0 saturated carbocycles. The highest BCUT2D eigenvalue weighted by Crippen LogP contribution is 2.36. The predicted molar refractivity (Wildman–Crippen MR) is 108 cm³/mol. The Morgan fingerprint density at radius 2 is 1.97 bits per heavy atom. The van der Waals surface area contributed by atoms with Crippen molar-refractivity contribution in [2.45, 2.75) is 23.6 Å². The minimum atomic E-state index is -0.408. The first kappa shape index (κ1) is 19.0. The molecule has 0 radical (unpaired) electrons. The molecule has 1 atom stereocenters. The van der Waals surface area contributed by atoms with Gasteiger partial charge in [0.15, 0.2) is 28.6 Å². The first-order chi connectivity index (χ1) is 14.2. The molecule has 0 aliphatic carbocycles. The third kappa shape index (κ3) is 4.09. The lowest BCUT2D eigenvalue weighted by atomic mass is 10.2. The van der Waals surface area contributed by atoms with E-state index in [4.69, 9.17) is 9.47 Å². The fraction of sp³-hybridized carbons (Fsp3) is 0.200. The van der Waals surface area contributed by atoms with Crippen molar-refractivity contribution in [3.8, 4) is 11.5 Å². The molecule has 0 amide bonds. The van der Waals surface area contributed by atoms with E-state index >= 15 is 0 Å². The Bertz CT molecular complexity index is 1040. The number of non-ortho nitro benzene ring substituents is 1. The number of hydrogen-bond donors (Lipinski definition) is 0. The van der Waals surface area contributed by atoms with E-state index in [9.17, 15) is 10.1 Å². The van der Waals surface area contributed by atoms with E-state index in [0.29, 0.717) is 36.2 Å². The van der Waals surface area contributed by atoms with Crippen LogP contribution in [-0.4, -0.2) is 26.3 Å². The maximum atomic E-state index is 10.8. The minimum Gasteiger partial charge on any atom is -0.485 e. The quantitative estimate of drug-likeness (QED) is 0.250. The summed E-state index contributed by atoms with van der Waals surface area (Å²) in [5, 5.41) is 20.2. The Morgan fingerprint density at radius 3 is 2.69 bits per heavy atom. The molecule has 1 aliphatic heterocycles. The van der Waals surface area contributed by atoms with Crippen LogP contribution in [0.2, 0.25) is 0 Å². The number of hydrogen-bond acceptors (Lipinski definition) is 7. The van der Waals surface area contributed by atoms with Crippen LogP contribution >= 0.6 is 11.8 Å². The number of rotatable bonds is 7. The van der Waals surface area contributed by atoms with Gasteiger partial charge >= 0.3 is 0 Å². The van der Waals surface area contributed by atoms with Crippen LogP contribution in [0.3, 0.4) is 0 Å². The fourth-order valence-corrected chi connectivity index (χ4v) is 3.86. The minimum absolute atomic E-state index is 0.0746. The van der Waals surface area contributed by atoms with Gasteiger partial charge in [-0.1, -0.05) is 42.1 Å². The van der Waals surface area contributed by atoms with Gasteiger partial charge in [-0.05, 0) is 17.7 Å². The summed E-state index contributed by atoms with van der Waals surface area (Å²) in [5.74, 6) is 2.67. The molecule has 2 aromatic carbocycles. The van der Waals surface area contributed by atoms with Gasteiger partial charge < -0.3 is 9.47 Å². The molecule has 0 N–H and O–H groups in total. The number of nitro groups is 1. The van der Waals surface area contributed by atoms with Crippen molar-refractivity contribution in [1.82, 2.24) is 14.8 Å². The van der Waals surface area contributed by atoms with Crippen LogP contribution in [0.4, 0.5) is 5.69 Å². The second-order valence-electron chi connectivity index (χ2n) is 6.32. The summed E-state index contributed by atoms with van der Waals surface area (Å²) in [6.07, 6.45) is 1.41. The van der Waals surface area contributed by atoms with Gasteiger partial charge in [0.1, 0.15) is 6.61 Å². The molecule has 9 heteroatoms. The van der Waals surface area contributed by atoms with Crippen molar-refractivity contribution in [2.75, 3.05) is 6.61 Å². The number of nitrogens with zero attached hydrogens (tertiary/aromatic N) is 4. The maximum absolute atomic E-state index is 10.8. The van der Waals surface area contributed by atoms with Gasteiger partial charge in [-0.3, -0.25) is 14.7 Å². The zero-order valence-corrected chi connectivity index (χ0v) is 16.2. The monoisotopic (exact) mass is 410 g/mol. The summed E-state index contributed by atoms with van der Waals surface area (Å²) in [5.41, 5.74) is 1.03. The molecule has 0 bridgehead atoms. The van der Waals surface area contributed by atoms with Crippen LogP contribution in [-0.2, 0) is 12.3 Å². The summed E-state index contributed by atoms with van der Waals surface area (Å²) < 4.78 is 13.8. The number of allylic oxidation sites excluding steroid dienone is 1. The molecule has 0 spiro atoms. The van der Waals surface area contributed by atoms with E-state index in [1.807, 2.05) is 28.8 Å². The Kier molecular flexibility index (Phi) is 5.48. The standard InChI is InChI=1S/C20H18N4O4S/c1-2-11-23-19(18-12-27-16-5-3-4-6-17(16)28-18)21-22-20(23)29-13-14-7-9-15(10-8-14)24(25)26/h2-10,18H,1,11-13H2/t18-/m0/s1. The van der Waals surface area contributed by atoms with E-state index in [2.05, 4.69) is 16.8 Å². The van der Waals surface area contributed by atoms with E-state index < -0.39 is 4.92 Å². The molecule has 29 heavy (non-hydrogen) atoms. The molecule has 1 aliphatic rings. The summed E-state index contributed by atoms with van der Waals surface area (Å²) in [6.45, 7) is 4.70. The predicted octanol–water partition coefficient (Wildman–Crippen LogP) is 4.18. The SMILES string of the molecule is C=CCn1c(SCc2ccc([N+](=O)[O-])cc2)nnc1[C@@H]1COc2ccccc2O1. The van der Waals surface area contributed by atoms with Gasteiger partial charge in [-0.25, -0.2) is 0 Å². The number of thioether (sulfide) groups is 1. The number of nitro benzene ring substituents is 1. The van der Waals surface area contributed by atoms with Crippen LogP contribution in [0.15, 0.2) is 66.3 Å². The van der Waals surface area contributed by atoms with Crippen molar-refractivity contribution < 1.29 is 14.4 Å². The number of benzene rings is 2. The van der Waals surface area contributed by atoms with Crippen LogP contribution in [0.1, 0.15) is 17.5 Å². The van der Waals surface area contributed by atoms with Crippen LogP contribution in [0.5, 0.6) is 11.5 Å². The number of aromatic nitrogens is 3. The first-order valence-corrected chi connectivity index (χ1v) is 9.93. The Morgan fingerprint density at radius 1 is 1.21 bits per heavy atom. The van der Waals surface area contributed by atoms with Crippen molar-refractivity contribution in [1.29, 1.82) is 0 Å². The molecule has 2 heterocycles. The summed E-state index contributed by atoms with van der Waals surface area (Å²) in [4.78, 5) is 10.4. The molecule has 1 aromatic heterocycles. The topological polar surface area (TPSA) is 92.3 Å². The lowest BCUT2D eigenvalue weighted by Gasteiger charge is -2.26. The van der Waals surface area contributed by atoms with Crippen molar-refractivity contribution in [3.63, 3.8) is 0 Å². The molecule has 3 aromatic rings. The highest BCUT2D eigenvalue weighted by Gasteiger charge is 2.28. The van der Waals surface area contributed by atoms with E-state index in [1.54, 1.807) is 18.2 Å². The summed E-state index contributed by atoms with van der Waals surface area (Å²) in [7, 11) is 0. The van der Waals surface area contributed by atoms with E-state index in [-0.39, 0.29) is 11.8 Å². The van der Waals surface area contributed by atoms with Crippen molar-refractivity contribution >= 4 is 17.4 Å². The maximum Gasteiger partial charge on any atom is 0.269 e. The lowest BCUT2D eigenvalue weighted by Crippen LogP contribution is -2.25. The lowest BCUT2D eigenvalue weighted by molar-refractivity contribution is -0.384. The zero-order chi connectivity index (χ0) is 20.2. The number of para-hydroxylation sites is 2. The van der Waals surface area contributed by atoms with E-state index in [1.165, 1.54) is 23.9 Å². The normalized spacial score (nSPS) is 15.1. The van der Waals surface area contributed by atoms with Gasteiger partial charge in [0, 0.05) is 24.4 Å². The zero-order valence-electron chi connectivity index (χ0n) is 15.4. The molecule has 4 rings (SSSR count). The smallest absolute Gasteiger partial charge is 0.269 e. The van der Waals surface area contributed by atoms with Gasteiger partial charge in [-0.2, -0.15) is 0 Å². The van der Waals surface area contributed by atoms with Crippen molar-refractivity contribution in [2.24, 2.45) is 0 Å². The average molecular weight is 410 g/mol. The molecule has 8 nitrogen and oxygen atoms in total. The summed E-state index contributed by atoms with van der Waals surface area (Å²) >= 11 is 1.50. The average Bonchev–Trinajstić information content (AvgIpc) is 3.15. The van der Waals surface area contributed by atoms with Gasteiger partial charge in [0.05, 0.1) is 4.92 Å².